The van der Waals surface area contributed by atoms with Gasteiger partial charge in [-0.15, -0.1) is 0 Å². The molecule has 0 aliphatic rings. The van der Waals surface area contributed by atoms with Crippen LogP contribution in [0.4, 0.5) is 0 Å². The van der Waals surface area contributed by atoms with E-state index in [0.29, 0.717) is 0 Å². The summed E-state index contributed by atoms with van der Waals surface area (Å²) < 4.78 is 0. The predicted molar refractivity (Wildman–Crippen MR) is 83.0 cm³/mol. The van der Waals surface area contributed by atoms with Crippen LogP contribution in [0.15, 0.2) is 0 Å². The van der Waals surface area contributed by atoms with E-state index in [4.69, 9.17) is 5.73 Å². The Morgan fingerprint density at radius 1 is 0.833 bits per heavy atom. The Hall–Kier alpha value is -0.0800. The molecule has 0 radical (unpaired) electrons. The summed E-state index contributed by atoms with van der Waals surface area (Å²) in [6.45, 7) is 12.4. The maximum atomic E-state index is 6.09. The van der Waals surface area contributed by atoms with Crippen molar-refractivity contribution in [3.8, 4) is 0 Å². The van der Waals surface area contributed by atoms with Gasteiger partial charge >= 0.3 is 0 Å². The molecule has 0 aromatic heterocycles. The SMILES string of the molecule is CCCCCC(C)(CN)N(CCCC)CCCC. The first kappa shape index (κ1) is 17.9. The third-order valence-electron chi connectivity index (χ3n) is 4.09. The van der Waals surface area contributed by atoms with E-state index in [1.807, 2.05) is 0 Å². The average Bonchev–Trinajstić information content (AvgIpc) is 2.39. The van der Waals surface area contributed by atoms with Crippen LogP contribution in [0.1, 0.15) is 79.1 Å². The fourth-order valence-corrected chi connectivity index (χ4v) is 2.49. The smallest absolute Gasteiger partial charge is 0.0303 e. The zero-order valence-corrected chi connectivity index (χ0v) is 13.3. The molecule has 110 valence electrons. The normalized spacial score (nSPS) is 15.0. The minimum absolute atomic E-state index is 0.222. The van der Waals surface area contributed by atoms with E-state index in [-0.39, 0.29) is 5.54 Å². The van der Waals surface area contributed by atoms with Gasteiger partial charge in [-0.1, -0.05) is 52.9 Å². The lowest BCUT2D eigenvalue weighted by molar-refractivity contribution is 0.0947. The van der Waals surface area contributed by atoms with Crippen LogP contribution in [-0.2, 0) is 0 Å². The number of nitrogens with two attached hydrogens (primary N) is 1. The second-order valence-electron chi connectivity index (χ2n) is 5.85. The molecule has 0 heterocycles. The van der Waals surface area contributed by atoms with Gasteiger partial charge in [-0.05, 0) is 39.3 Å². The van der Waals surface area contributed by atoms with Crippen LogP contribution in [-0.4, -0.2) is 30.1 Å². The van der Waals surface area contributed by atoms with Gasteiger partial charge in [0.25, 0.3) is 0 Å². The molecular weight excluding hydrogens is 220 g/mol. The molecule has 0 aliphatic heterocycles. The highest BCUT2D eigenvalue weighted by Crippen LogP contribution is 2.23. The molecule has 0 aromatic carbocycles. The Labute approximate surface area is 115 Å². The first-order valence-electron chi connectivity index (χ1n) is 8.09. The largest absolute Gasteiger partial charge is 0.329 e. The minimum Gasteiger partial charge on any atom is -0.329 e. The fourth-order valence-electron chi connectivity index (χ4n) is 2.49. The van der Waals surface area contributed by atoms with Crippen molar-refractivity contribution in [1.82, 2.24) is 4.90 Å². The summed E-state index contributed by atoms with van der Waals surface area (Å²) in [7, 11) is 0. The monoisotopic (exact) mass is 256 g/mol. The van der Waals surface area contributed by atoms with Gasteiger partial charge < -0.3 is 5.73 Å². The topological polar surface area (TPSA) is 29.3 Å². The zero-order chi connectivity index (χ0) is 13.9. The minimum atomic E-state index is 0.222. The van der Waals surface area contributed by atoms with Crippen molar-refractivity contribution in [2.75, 3.05) is 19.6 Å². The standard InChI is InChI=1S/C16H36N2/c1-5-8-11-12-16(4,15-17)18(13-9-6-2)14-10-7-3/h5-15,17H2,1-4H3. The molecule has 0 fully saturated rings. The average molecular weight is 256 g/mol. The maximum Gasteiger partial charge on any atom is 0.0303 e. The molecule has 2 nitrogen and oxygen atoms in total. The van der Waals surface area contributed by atoms with Crippen LogP contribution in [0.3, 0.4) is 0 Å². The summed E-state index contributed by atoms with van der Waals surface area (Å²) in [6.07, 6.45) is 10.4. The van der Waals surface area contributed by atoms with E-state index in [1.165, 1.54) is 64.5 Å². The van der Waals surface area contributed by atoms with Crippen LogP contribution < -0.4 is 5.73 Å². The molecule has 0 saturated heterocycles. The Bertz CT molecular complexity index is 174. The Balaban J connectivity index is 4.43. The summed E-state index contributed by atoms with van der Waals surface area (Å²) in [4.78, 5) is 2.66. The number of unbranched alkanes of at least 4 members (excludes halogenated alkanes) is 4. The van der Waals surface area contributed by atoms with Gasteiger partial charge in [-0.3, -0.25) is 4.90 Å². The highest BCUT2D eigenvalue weighted by molar-refractivity contribution is 4.87. The first-order chi connectivity index (χ1) is 8.64. The van der Waals surface area contributed by atoms with Gasteiger partial charge in [0.15, 0.2) is 0 Å². The van der Waals surface area contributed by atoms with E-state index < -0.39 is 0 Å². The second kappa shape index (κ2) is 10.8. The third-order valence-corrected chi connectivity index (χ3v) is 4.09. The lowest BCUT2D eigenvalue weighted by Crippen LogP contribution is -2.52. The molecule has 1 unspecified atom stereocenters. The summed E-state index contributed by atoms with van der Waals surface area (Å²) >= 11 is 0. The molecular formula is C16H36N2. The predicted octanol–water partition coefficient (Wildman–Crippen LogP) is 4.19. The van der Waals surface area contributed by atoms with Crippen LogP contribution in [0.25, 0.3) is 0 Å². The van der Waals surface area contributed by atoms with Gasteiger partial charge in [-0.25, -0.2) is 0 Å². The molecule has 1 atom stereocenters. The van der Waals surface area contributed by atoms with Crippen molar-refractivity contribution < 1.29 is 0 Å². The van der Waals surface area contributed by atoms with E-state index in [9.17, 15) is 0 Å². The highest BCUT2D eigenvalue weighted by Gasteiger charge is 2.28. The van der Waals surface area contributed by atoms with Crippen LogP contribution in [0.2, 0.25) is 0 Å². The maximum absolute atomic E-state index is 6.09. The van der Waals surface area contributed by atoms with Crippen molar-refractivity contribution in [2.24, 2.45) is 5.73 Å². The van der Waals surface area contributed by atoms with Crippen LogP contribution in [0, 0.1) is 0 Å². The third kappa shape index (κ3) is 6.75. The molecule has 0 aromatic rings. The van der Waals surface area contributed by atoms with E-state index in [2.05, 4.69) is 32.6 Å². The molecule has 2 heteroatoms. The first-order valence-corrected chi connectivity index (χ1v) is 8.09. The molecule has 0 bridgehead atoms. The summed E-state index contributed by atoms with van der Waals surface area (Å²) in [5.74, 6) is 0. The van der Waals surface area contributed by atoms with Gasteiger partial charge in [0, 0.05) is 12.1 Å². The fraction of sp³-hybridized carbons (Fsp3) is 1.00. The quantitative estimate of drug-likeness (QED) is 0.531. The molecule has 2 N–H and O–H groups in total. The summed E-state index contributed by atoms with van der Waals surface area (Å²) in [6, 6.07) is 0. The molecule has 0 amide bonds. The lowest BCUT2D eigenvalue weighted by Gasteiger charge is -2.41. The van der Waals surface area contributed by atoms with E-state index >= 15 is 0 Å². The van der Waals surface area contributed by atoms with E-state index in [0.717, 1.165) is 6.54 Å². The Morgan fingerprint density at radius 3 is 1.72 bits per heavy atom. The van der Waals surface area contributed by atoms with Gasteiger partial charge in [-0.2, -0.15) is 0 Å². The highest BCUT2D eigenvalue weighted by atomic mass is 15.2. The zero-order valence-electron chi connectivity index (χ0n) is 13.3. The van der Waals surface area contributed by atoms with Gasteiger partial charge in [0.1, 0.15) is 0 Å². The molecule has 18 heavy (non-hydrogen) atoms. The van der Waals surface area contributed by atoms with Crippen molar-refractivity contribution in [1.29, 1.82) is 0 Å². The Kier molecular flexibility index (Phi) is 10.8. The number of hydrogen-bond donors (Lipinski definition) is 1. The second-order valence-corrected chi connectivity index (χ2v) is 5.85. The summed E-state index contributed by atoms with van der Waals surface area (Å²) in [5, 5.41) is 0. The van der Waals surface area contributed by atoms with Crippen LogP contribution >= 0.6 is 0 Å². The van der Waals surface area contributed by atoms with Crippen molar-refractivity contribution in [3.63, 3.8) is 0 Å². The van der Waals surface area contributed by atoms with Crippen molar-refractivity contribution >= 4 is 0 Å². The molecule has 0 aliphatic carbocycles. The van der Waals surface area contributed by atoms with E-state index in [1.54, 1.807) is 0 Å². The number of hydrogen-bond acceptors (Lipinski definition) is 2. The number of nitrogens with zero attached hydrogens (tertiary/aromatic N) is 1. The molecule has 0 rings (SSSR count). The summed E-state index contributed by atoms with van der Waals surface area (Å²) in [5.41, 5.74) is 6.31. The number of rotatable bonds is 12. The van der Waals surface area contributed by atoms with Gasteiger partial charge in [0.2, 0.25) is 0 Å². The van der Waals surface area contributed by atoms with Gasteiger partial charge in [0.05, 0.1) is 0 Å². The molecule has 0 spiro atoms. The van der Waals surface area contributed by atoms with Crippen LogP contribution in [0.5, 0.6) is 0 Å². The van der Waals surface area contributed by atoms with Crippen molar-refractivity contribution in [3.05, 3.63) is 0 Å². The lowest BCUT2D eigenvalue weighted by atomic mass is 9.91. The molecule has 0 saturated carbocycles. The van der Waals surface area contributed by atoms with Crippen molar-refractivity contribution in [2.45, 2.75) is 84.6 Å². The Morgan fingerprint density at radius 2 is 1.33 bits per heavy atom.